The molecule has 0 spiro atoms. The minimum absolute atomic E-state index is 0.735. The number of aromatic nitrogens is 2. The molecule has 0 atom stereocenters. The second-order valence-electron chi connectivity index (χ2n) is 5.27. The van der Waals surface area contributed by atoms with E-state index in [-0.39, 0.29) is 0 Å². The summed E-state index contributed by atoms with van der Waals surface area (Å²) in [5.41, 5.74) is 11.9. The van der Waals surface area contributed by atoms with Crippen molar-refractivity contribution >= 4 is 16.7 Å². The fraction of sp³-hybridized carbons (Fsp3) is 0. The minimum Gasteiger partial charge on any atom is -0.399 e. The van der Waals surface area contributed by atoms with Gasteiger partial charge in [0.15, 0.2) is 0 Å². The van der Waals surface area contributed by atoms with Gasteiger partial charge in [-0.3, -0.25) is 0 Å². The monoisotopic (exact) mass is 285 g/mol. The van der Waals surface area contributed by atoms with E-state index in [2.05, 4.69) is 29.2 Å². The molecule has 0 aliphatic heterocycles. The molecule has 0 amide bonds. The highest BCUT2D eigenvalue weighted by Gasteiger charge is 2.10. The molecule has 3 nitrogen and oxygen atoms in total. The van der Waals surface area contributed by atoms with Crippen LogP contribution in [-0.2, 0) is 0 Å². The van der Waals surface area contributed by atoms with Gasteiger partial charge in [0.05, 0.1) is 11.0 Å². The summed E-state index contributed by atoms with van der Waals surface area (Å²) < 4.78 is 0. The average molecular weight is 285 g/mol. The van der Waals surface area contributed by atoms with Crippen molar-refractivity contribution in [3.8, 4) is 22.5 Å². The molecule has 4 rings (SSSR count). The lowest BCUT2D eigenvalue weighted by molar-refractivity contribution is 1.34. The van der Waals surface area contributed by atoms with Crippen LogP contribution in [0.4, 0.5) is 5.69 Å². The van der Waals surface area contributed by atoms with Crippen LogP contribution in [0.2, 0.25) is 0 Å². The Morgan fingerprint density at radius 2 is 1.50 bits per heavy atom. The van der Waals surface area contributed by atoms with Gasteiger partial charge in [-0.1, -0.05) is 54.6 Å². The zero-order valence-electron chi connectivity index (χ0n) is 12.0. The van der Waals surface area contributed by atoms with Crippen molar-refractivity contribution in [2.45, 2.75) is 0 Å². The number of rotatable bonds is 2. The molecule has 0 aliphatic carbocycles. The summed E-state index contributed by atoms with van der Waals surface area (Å²) in [5.74, 6) is 0.861. The molecule has 1 heterocycles. The maximum absolute atomic E-state index is 5.85. The van der Waals surface area contributed by atoms with E-state index in [1.165, 1.54) is 5.56 Å². The zero-order valence-corrected chi connectivity index (χ0v) is 12.0. The first-order chi connectivity index (χ1) is 10.8. The summed E-state index contributed by atoms with van der Waals surface area (Å²) in [6.45, 7) is 0. The third kappa shape index (κ3) is 2.13. The van der Waals surface area contributed by atoms with Gasteiger partial charge in [0, 0.05) is 11.3 Å². The number of nitrogen functional groups attached to an aromatic ring is 1. The SMILES string of the molecule is Nc1ccc2nc(-c3ccccc3-c3ccccc3)[nH]c2c1. The number of fused-ring (bicyclic) bond motifs is 1. The van der Waals surface area contributed by atoms with Gasteiger partial charge in [0.2, 0.25) is 0 Å². The Hall–Kier alpha value is -3.07. The van der Waals surface area contributed by atoms with E-state index in [0.717, 1.165) is 33.7 Å². The van der Waals surface area contributed by atoms with E-state index in [1.54, 1.807) is 0 Å². The van der Waals surface area contributed by atoms with Crippen LogP contribution in [0.5, 0.6) is 0 Å². The lowest BCUT2D eigenvalue weighted by atomic mass is 9.99. The number of H-pyrrole nitrogens is 1. The van der Waals surface area contributed by atoms with E-state index in [0.29, 0.717) is 0 Å². The quantitative estimate of drug-likeness (QED) is 0.533. The van der Waals surface area contributed by atoms with Gasteiger partial charge < -0.3 is 10.7 Å². The Bertz CT molecular complexity index is 939. The Morgan fingerprint density at radius 1 is 0.773 bits per heavy atom. The highest BCUT2D eigenvalue weighted by atomic mass is 14.9. The topological polar surface area (TPSA) is 54.7 Å². The Labute approximate surface area is 128 Å². The third-order valence-corrected chi connectivity index (χ3v) is 3.77. The predicted molar refractivity (Wildman–Crippen MR) is 91.4 cm³/mol. The van der Waals surface area contributed by atoms with Crippen molar-refractivity contribution in [1.82, 2.24) is 9.97 Å². The van der Waals surface area contributed by atoms with E-state index in [1.807, 2.05) is 48.5 Å². The number of aromatic amines is 1. The normalized spacial score (nSPS) is 10.9. The van der Waals surface area contributed by atoms with Crippen LogP contribution in [0.15, 0.2) is 72.8 Å². The Kier molecular flexibility index (Phi) is 2.90. The summed E-state index contributed by atoms with van der Waals surface area (Å²) in [5, 5.41) is 0. The van der Waals surface area contributed by atoms with Gasteiger partial charge >= 0.3 is 0 Å². The molecule has 0 aliphatic rings. The summed E-state index contributed by atoms with van der Waals surface area (Å²) in [6, 6.07) is 24.3. The van der Waals surface area contributed by atoms with Crippen LogP contribution < -0.4 is 5.73 Å². The van der Waals surface area contributed by atoms with Crippen molar-refractivity contribution in [2.75, 3.05) is 5.73 Å². The van der Waals surface area contributed by atoms with Gasteiger partial charge in [0.1, 0.15) is 5.82 Å². The van der Waals surface area contributed by atoms with Crippen LogP contribution in [0, 0.1) is 0 Å². The number of imidazole rings is 1. The van der Waals surface area contributed by atoms with Gasteiger partial charge in [-0.25, -0.2) is 4.98 Å². The molecule has 22 heavy (non-hydrogen) atoms. The number of benzene rings is 3. The maximum atomic E-state index is 5.85. The van der Waals surface area contributed by atoms with E-state index >= 15 is 0 Å². The van der Waals surface area contributed by atoms with Crippen LogP contribution in [0.3, 0.4) is 0 Å². The predicted octanol–water partition coefficient (Wildman–Crippen LogP) is 4.48. The summed E-state index contributed by atoms with van der Waals surface area (Å²) in [7, 11) is 0. The molecule has 0 fully saturated rings. The van der Waals surface area contributed by atoms with Gasteiger partial charge in [-0.15, -0.1) is 0 Å². The van der Waals surface area contributed by atoms with Gasteiger partial charge in [-0.2, -0.15) is 0 Å². The molecule has 0 unspecified atom stereocenters. The van der Waals surface area contributed by atoms with Crippen molar-refractivity contribution in [3.05, 3.63) is 72.8 Å². The molecule has 0 bridgehead atoms. The molecular formula is C19H15N3. The first-order valence-electron chi connectivity index (χ1n) is 7.21. The smallest absolute Gasteiger partial charge is 0.139 e. The molecule has 0 radical (unpaired) electrons. The average Bonchev–Trinajstić information content (AvgIpc) is 2.98. The largest absolute Gasteiger partial charge is 0.399 e. The molecular weight excluding hydrogens is 270 g/mol. The summed E-state index contributed by atoms with van der Waals surface area (Å²) in [6.07, 6.45) is 0. The molecule has 0 saturated heterocycles. The van der Waals surface area contributed by atoms with Crippen LogP contribution in [0.25, 0.3) is 33.5 Å². The summed E-state index contributed by atoms with van der Waals surface area (Å²) in [4.78, 5) is 8.07. The molecule has 0 saturated carbocycles. The second-order valence-corrected chi connectivity index (χ2v) is 5.27. The summed E-state index contributed by atoms with van der Waals surface area (Å²) >= 11 is 0. The Balaban J connectivity index is 1.92. The standard InChI is InChI=1S/C19H15N3/c20-14-10-11-17-18(12-14)22-19(21-17)16-9-5-4-8-15(16)13-6-2-1-3-7-13/h1-12H,20H2,(H,21,22). The number of nitrogens with one attached hydrogen (secondary N) is 1. The lowest BCUT2D eigenvalue weighted by Gasteiger charge is -2.07. The molecule has 1 aromatic heterocycles. The molecule has 3 heteroatoms. The fourth-order valence-electron chi connectivity index (χ4n) is 2.71. The van der Waals surface area contributed by atoms with Crippen LogP contribution >= 0.6 is 0 Å². The highest BCUT2D eigenvalue weighted by Crippen LogP contribution is 2.31. The van der Waals surface area contributed by atoms with E-state index in [9.17, 15) is 0 Å². The second kappa shape index (κ2) is 5.04. The van der Waals surface area contributed by atoms with Crippen molar-refractivity contribution in [1.29, 1.82) is 0 Å². The maximum Gasteiger partial charge on any atom is 0.139 e. The number of hydrogen-bond donors (Lipinski definition) is 2. The number of hydrogen-bond acceptors (Lipinski definition) is 2. The number of nitrogens with zero attached hydrogens (tertiary/aromatic N) is 1. The number of nitrogens with two attached hydrogens (primary N) is 1. The minimum atomic E-state index is 0.735. The van der Waals surface area contributed by atoms with Crippen molar-refractivity contribution in [2.24, 2.45) is 0 Å². The third-order valence-electron chi connectivity index (χ3n) is 3.77. The molecule has 4 aromatic rings. The molecule has 106 valence electrons. The van der Waals surface area contributed by atoms with Gasteiger partial charge in [0.25, 0.3) is 0 Å². The van der Waals surface area contributed by atoms with Crippen molar-refractivity contribution in [3.63, 3.8) is 0 Å². The van der Waals surface area contributed by atoms with E-state index in [4.69, 9.17) is 10.7 Å². The Morgan fingerprint density at radius 3 is 2.32 bits per heavy atom. The van der Waals surface area contributed by atoms with Crippen LogP contribution in [-0.4, -0.2) is 9.97 Å². The first kappa shape index (κ1) is 12.7. The van der Waals surface area contributed by atoms with Crippen molar-refractivity contribution < 1.29 is 0 Å². The molecule has 3 N–H and O–H groups in total. The first-order valence-corrected chi connectivity index (χ1v) is 7.21. The molecule has 3 aromatic carbocycles. The van der Waals surface area contributed by atoms with Crippen LogP contribution in [0.1, 0.15) is 0 Å². The van der Waals surface area contributed by atoms with E-state index < -0.39 is 0 Å². The highest BCUT2D eigenvalue weighted by molar-refractivity contribution is 5.86. The number of anilines is 1. The fourth-order valence-corrected chi connectivity index (χ4v) is 2.71. The van der Waals surface area contributed by atoms with Gasteiger partial charge in [-0.05, 0) is 29.3 Å². The zero-order chi connectivity index (χ0) is 14.9. The lowest BCUT2D eigenvalue weighted by Crippen LogP contribution is -1.86.